The van der Waals surface area contributed by atoms with Gasteiger partial charge in [0.2, 0.25) is 0 Å². The fourth-order valence-corrected chi connectivity index (χ4v) is 0. The molecule has 4 heavy (non-hydrogen) atoms. The second-order valence-electron chi connectivity index (χ2n) is 0. The predicted octanol–water partition coefficient (Wildman–Crippen LogP) is -6.38. The van der Waals surface area contributed by atoms with E-state index in [4.69, 9.17) is 0 Å². The standard InChI is InChI=1S/Ca.Cd.2ClH/h;;2*1H/q+2;;;/p-2. The Hall–Kier alpha value is 2.76. The average molecular weight is 223 g/mol. The first-order valence-corrected chi connectivity index (χ1v) is 0. The molecular formula is CaCdCl2. The maximum atomic E-state index is 0. The van der Waals surface area contributed by atoms with Crippen LogP contribution < -0.4 is 24.8 Å². The van der Waals surface area contributed by atoms with E-state index in [1.165, 1.54) is 0 Å². The van der Waals surface area contributed by atoms with Gasteiger partial charge in [0.25, 0.3) is 0 Å². The van der Waals surface area contributed by atoms with E-state index in [1.807, 2.05) is 0 Å². The molecule has 0 aliphatic heterocycles. The van der Waals surface area contributed by atoms with E-state index in [0.717, 1.165) is 0 Å². The summed E-state index contributed by atoms with van der Waals surface area (Å²) < 4.78 is 0. The molecule has 0 heterocycles. The molecule has 0 spiro atoms. The molecule has 0 N–H and O–H groups in total. The summed E-state index contributed by atoms with van der Waals surface area (Å²) in [7, 11) is 0. The molecule has 0 aliphatic carbocycles. The van der Waals surface area contributed by atoms with Crippen molar-refractivity contribution in [2.75, 3.05) is 0 Å². The normalized spacial score (nSPS) is 0. The van der Waals surface area contributed by atoms with Gasteiger partial charge in [0.05, 0.1) is 0 Å². The maximum Gasteiger partial charge on any atom is 2.00 e. The van der Waals surface area contributed by atoms with E-state index in [2.05, 4.69) is 0 Å². The van der Waals surface area contributed by atoms with Gasteiger partial charge < -0.3 is 24.8 Å². The molecule has 0 nitrogen and oxygen atoms in total. The number of rotatable bonds is 0. The van der Waals surface area contributed by atoms with Crippen LogP contribution in [0.3, 0.4) is 0 Å². The number of hydrogen-bond acceptors (Lipinski definition) is 0. The first-order chi connectivity index (χ1) is 0. The van der Waals surface area contributed by atoms with Crippen LogP contribution in [0.5, 0.6) is 0 Å². The van der Waals surface area contributed by atoms with Crippen molar-refractivity contribution in [3.63, 3.8) is 0 Å². The van der Waals surface area contributed by atoms with Crippen molar-refractivity contribution in [3.8, 4) is 0 Å². The van der Waals surface area contributed by atoms with Crippen LogP contribution in [0, 0.1) is 0 Å². The minimum absolute atomic E-state index is 0. The molecule has 4 heteroatoms. The van der Waals surface area contributed by atoms with Crippen LogP contribution in [-0.2, 0) is 27.3 Å². The Morgan fingerprint density at radius 1 is 0.750 bits per heavy atom. The van der Waals surface area contributed by atoms with Crippen LogP contribution in [-0.4, -0.2) is 37.7 Å². The zero-order valence-electron chi connectivity index (χ0n) is 2.17. The van der Waals surface area contributed by atoms with Crippen LogP contribution in [0.1, 0.15) is 0 Å². The predicted molar refractivity (Wildman–Crippen MR) is 5.75 cm³/mol. The Morgan fingerprint density at radius 3 is 0.750 bits per heavy atom. The van der Waals surface area contributed by atoms with Gasteiger partial charge >= 0.3 is 37.7 Å². The largest absolute Gasteiger partial charge is 2.00 e. The van der Waals surface area contributed by atoms with Gasteiger partial charge in [-0.3, -0.25) is 0 Å². The summed E-state index contributed by atoms with van der Waals surface area (Å²) in [5.74, 6) is 0. The molecule has 0 saturated carbocycles. The van der Waals surface area contributed by atoms with Gasteiger partial charge in [-0.05, 0) is 0 Å². The summed E-state index contributed by atoms with van der Waals surface area (Å²) in [5.41, 5.74) is 0. The van der Waals surface area contributed by atoms with Gasteiger partial charge in [0.15, 0.2) is 0 Å². The van der Waals surface area contributed by atoms with Crippen LogP contribution in [0.25, 0.3) is 0 Å². The second-order valence-corrected chi connectivity index (χ2v) is 0. The molecule has 0 aliphatic rings. The van der Waals surface area contributed by atoms with E-state index in [1.54, 1.807) is 0 Å². The zero-order chi connectivity index (χ0) is 0. The van der Waals surface area contributed by atoms with Crippen molar-refractivity contribution in [1.82, 2.24) is 0 Å². The summed E-state index contributed by atoms with van der Waals surface area (Å²) in [6.07, 6.45) is 0. The Bertz CT molecular complexity index is 6.00. The van der Waals surface area contributed by atoms with Crippen LogP contribution in [0.2, 0.25) is 0 Å². The summed E-state index contributed by atoms with van der Waals surface area (Å²) in [6, 6.07) is 0. The third-order valence-electron chi connectivity index (χ3n) is 0. The van der Waals surface area contributed by atoms with Gasteiger partial charge in [-0.25, -0.2) is 0 Å². The molecule has 0 atom stereocenters. The Kier molecular flexibility index (Phi) is 126. The molecule has 0 amide bonds. The van der Waals surface area contributed by atoms with Gasteiger partial charge in [0, 0.05) is 27.3 Å². The topological polar surface area (TPSA) is 0 Å². The first kappa shape index (κ1) is 29.4. The third kappa shape index (κ3) is 8.83. The SMILES string of the molecule is [Ca+2].[Cd].[Cl-].[Cl-]. The molecule has 0 rings (SSSR count). The summed E-state index contributed by atoms with van der Waals surface area (Å²) in [6.45, 7) is 0. The molecule has 0 aromatic heterocycles. The molecular weight excluding hydrogens is 223 g/mol. The number of halogens is 2. The fraction of sp³-hybridized carbons (Fsp3) is 0. The Labute approximate surface area is 88.1 Å². The Morgan fingerprint density at radius 2 is 0.750 bits per heavy atom. The van der Waals surface area contributed by atoms with Crippen molar-refractivity contribution >= 4 is 37.7 Å². The average Bonchev–Trinajstić information content (AvgIpc) is 0. The smallest absolute Gasteiger partial charge is 1.00 e. The molecule has 0 unspecified atom stereocenters. The van der Waals surface area contributed by atoms with E-state index >= 15 is 0 Å². The molecule has 0 aromatic carbocycles. The molecule has 0 fully saturated rings. The second kappa shape index (κ2) is 17.1. The van der Waals surface area contributed by atoms with E-state index in [-0.39, 0.29) is 89.9 Å². The van der Waals surface area contributed by atoms with Gasteiger partial charge in [-0.2, -0.15) is 0 Å². The molecule has 0 bridgehead atoms. The Balaban J connectivity index is 0. The minimum Gasteiger partial charge on any atom is -1.00 e. The van der Waals surface area contributed by atoms with Crippen molar-refractivity contribution < 1.29 is 52.1 Å². The quantitative estimate of drug-likeness (QED) is 0.359. The summed E-state index contributed by atoms with van der Waals surface area (Å²) >= 11 is 0. The maximum absolute atomic E-state index is 0. The summed E-state index contributed by atoms with van der Waals surface area (Å²) in [5, 5.41) is 0. The van der Waals surface area contributed by atoms with Crippen LogP contribution in [0.4, 0.5) is 0 Å². The number of hydrogen-bond donors (Lipinski definition) is 0. The van der Waals surface area contributed by atoms with Crippen LogP contribution >= 0.6 is 0 Å². The van der Waals surface area contributed by atoms with E-state index < -0.39 is 0 Å². The van der Waals surface area contributed by atoms with Crippen molar-refractivity contribution in [1.29, 1.82) is 0 Å². The monoisotopic (exact) mass is 224 g/mol. The molecule has 0 saturated heterocycles. The third-order valence-corrected chi connectivity index (χ3v) is 0. The van der Waals surface area contributed by atoms with Gasteiger partial charge in [-0.1, -0.05) is 0 Å². The van der Waals surface area contributed by atoms with Crippen molar-refractivity contribution in [2.24, 2.45) is 0 Å². The van der Waals surface area contributed by atoms with Gasteiger partial charge in [0.1, 0.15) is 0 Å². The van der Waals surface area contributed by atoms with E-state index in [0.29, 0.717) is 0 Å². The minimum atomic E-state index is 0. The van der Waals surface area contributed by atoms with Gasteiger partial charge in [-0.15, -0.1) is 0 Å². The summed E-state index contributed by atoms with van der Waals surface area (Å²) in [4.78, 5) is 0. The first-order valence-electron chi connectivity index (χ1n) is 0. The van der Waals surface area contributed by atoms with E-state index in [9.17, 15) is 0 Å². The van der Waals surface area contributed by atoms with Crippen molar-refractivity contribution in [3.05, 3.63) is 0 Å². The zero-order valence-corrected chi connectivity index (χ0v) is 9.93. The van der Waals surface area contributed by atoms with Crippen LogP contribution in [0.15, 0.2) is 0 Å². The molecule has 0 aromatic rings. The molecule has 0 radical (unpaired) electrons. The van der Waals surface area contributed by atoms with Crippen molar-refractivity contribution in [2.45, 2.75) is 0 Å². The fourth-order valence-electron chi connectivity index (χ4n) is 0. The molecule has 18 valence electrons.